The summed E-state index contributed by atoms with van der Waals surface area (Å²) in [6, 6.07) is 10.3. The van der Waals surface area contributed by atoms with E-state index in [4.69, 9.17) is 26.1 Å². The Labute approximate surface area is 240 Å². The van der Waals surface area contributed by atoms with Crippen LogP contribution in [0.1, 0.15) is 37.0 Å². The Balaban J connectivity index is 1.08. The molecule has 41 heavy (non-hydrogen) atoms. The van der Waals surface area contributed by atoms with E-state index in [9.17, 15) is 9.18 Å². The monoisotopic (exact) mass is 574 g/mol. The van der Waals surface area contributed by atoms with E-state index in [-0.39, 0.29) is 10.6 Å². The summed E-state index contributed by atoms with van der Waals surface area (Å²) in [5.41, 5.74) is 2.70. The van der Waals surface area contributed by atoms with Gasteiger partial charge in [-0.25, -0.2) is 18.7 Å². The second-order valence-electron chi connectivity index (χ2n) is 11.1. The van der Waals surface area contributed by atoms with Gasteiger partial charge < -0.3 is 14.4 Å². The first kappa shape index (κ1) is 25.8. The SMILES string of the molecule is CCOc1cc(-c2ccc(N3CC4C[C@@](C)(OC(=O)c5c(F)cccc5Cl)C[C@H]4C3)nc2)c2c3cn[nH]c3nn2c1. The number of nitrogens with zero attached hydrogens (tertiary/aromatic N) is 5. The zero-order valence-electron chi connectivity index (χ0n) is 22.6. The largest absolute Gasteiger partial charge is 0.492 e. The van der Waals surface area contributed by atoms with Crippen LogP contribution in [0.15, 0.2) is 55.0 Å². The molecule has 2 fully saturated rings. The van der Waals surface area contributed by atoms with Crippen LogP contribution >= 0.6 is 11.6 Å². The molecule has 210 valence electrons. The predicted octanol–water partition coefficient (Wildman–Crippen LogP) is 5.93. The van der Waals surface area contributed by atoms with Crippen molar-refractivity contribution in [3.8, 4) is 16.9 Å². The van der Waals surface area contributed by atoms with Crippen LogP contribution in [-0.4, -0.2) is 56.1 Å². The number of carbonyl (C=O) groups is 1. The number of aromatic nitrogens is 5. The van der Waals surface area contributed by atoms with E-state index in [1.54, 1.807) is 6.20 Å². The maximum atomic E-state index is 14.3. The predicted molar refractivity (Wildman–Crippen MR) is 153 cm³/mol. The van der Waals surface area contributed by atoms with Crippen molar-refractivity contribution in [2.24, 2.45) is 11.8 Å². The first-order valence-electron chi connectivity index (χ1n) is 13.7. The van der Waals surface area contributed by atoms with Crippen LogP contribution in [0.2, 0.25) is 5.02 Å². The van der Waals surface area contributed by atoms with E-state index in [2.05, 4.69) is 26.3 Å². The minimum atomic E-state index is -0.710. The summed E-state index contributed by atoms with van der Waals surface area (Å²) in [7, 11) is 0. The number of halogens is 2. The molecule has 0 amide bonds. The molecule has 1 aromatic carbocycles. The van der Waals surface area contributed by atoms with Crippen LogP contribution in [0.4, 0.5) is 10.2 Å². The van der Waals surface area contributed by atoms with Crippen LogP contribution in [0.5, 0.6) is 5.75 Å². The number of carbonyl (C=O) groups excluding carboxylic acids is 1. The summed E-state index contributed by atoms with van der Waals surface area (Å²) in [6.45, 7) is 6.06. The van der Waals surface area contributed by atoms with Gasteiger partial charge in [0.25, 0.3) is 0 Å². The molecule has 1 saturated carbocycles. The van der Waals surface area contributed by atoms with E-state index < -0.39 is 17.4 Å². The van der Waals surface area contributed by atoms with Gasteiger partial charge in [0.05, 0.1) is 34.9 Å². The number of rotatable bonds is 6. The molecule has 0 radical (unpaired) electrons. The molecule has 11 heteroatoms. The number of pyridine rings is 2. The lowest BCUT2D eigenvalue weighted by atomic mass is 10.0. The molecule has 5 aromatic rings. The van der Waals surface area contributed by atoms with Crippen molar-refractivity contribution in [3.05, 3.63) is 71.4 Å². The molecule has 4 aromatic heterocycles. The summed E-state index contributed by atoms with van der Waals surface area (Å²) in [4.78, 5) is 19.9. The van der Waals surface area contributed by atoms with Gasteiger partial charge >= 0.3 is 5.97 Å². The van der Waals surface area contributed by atoms with Crippen LogP contribution in [0.3, 0.4) is 0 Å². The number of fused-ring (bicyclic) bond motifs is 4. The third kappa shape index (κ3) is 4.46. The van der Waals surface area contributed by atoms with Crippen LogP contribution in [0.25, 0.3) is 27.7 Å². The van der Waals surface area contributed by atoms with Gasteiger partial charge in [0, 0.05) is 30.4 Å². The Morgan fingerprint density at radius 3 is 2.71 bits per heavy atom. The Morgan fingerprint density at radius 2 is 2.00 bits per heavy atom. The van der Waals surface area contributed by atoms with E-state index in [1.165, 1.54) is 18.2 Å². The van der Waals surface area contributed by atoms with Crippen molar-refractivity contribution in [1.29, 1.82) is 0 Å². The molecule has 5 heterocycles. The minimum absolute atomic E-state index is 0.0604. The topological polar surface area (TPSA) is 97.6 Å². The number of ether oxygens (including phenoxy) is 2. The molecular formula is C30H28ClFN6O3. The van der Waals surface area contributed by atoms with Gasteiger partial charge in [-0.2, -0.15) is 5.10 Å². The zero-order valence-corrected chi connectivity index (χ0v) is 23.4. The number of nitrogens with one attached hydrogen (secondary N) is 1. The fourth-order valence-corrected chi connectivity index (χ4v) is 6.81. The minimum Gasteiger partial charge on any atom is -0.492 e. The third-order valence-corrected chi connectivity index (χ3v) is 8.58. The maximum Gasteiger partial charge on any atom is 0.343 e. The number of H-pyrrole nitrogens is 1. The smallest absolute Gasteiger partial charge is 0.343 e. The second-order valence-corrected chi connectivity index (χ2v) is 11.5. The average Bonchev–Trinajstić information content (AvgIpc) is 3.68. The normalized spacial score (nSPS) is 22.0. The fraction of sp³-hybridized carbons (Fsp3) is 0.333. The van der Waals surface area contributed by atoms with E-state index >= 15 is 0 Å². The second kappa shape index (κ2) is 9.73. The Morgan fingerprint density at radius 1 is 1.20 bits per heavy atom. The molecule has 1 saturated heterocycles. The van der Waals surface area contributed by atoms with E-state index in [0.29, 0.717) is 36.9 Å². The lowest BCUT2D eigenvalue weighted by Crippen LogP contribution is -2.32. The van der Waals surface area contributed by atoms with Crippen molar-refractivity contribution in [2.75, 3.05) is 24.6 Å². The highest BCUT2D eigenvalue weighted by molar-refractivity contribution is 6.33. The molecule has 0 bridgehead atoms. The van der Waals surface area contributed by atoms with Gasteiger partial charge in [0.2, 0.25) is 0 Å². The summed E-state index contributed by atoms with van der Waals surface area (Å²) >= 11 is 6.08. The molecule has 0 spiro atoms. The van der Waals surface area contributed by atoms with E-state index in [0.717, 1.165) is 46.7 Å². The number of hydrogen-bond donors (Lipinski definition) is 1. The van der Waals surface area contributed by atoms with Crippen LogP contribution < -0.4 is 9.64 Å². The average molecular weight is 575 g/mol. The standard InChI is InChI=1S/C30H28ClFN6O3/c1-3-40-20-9-21(27-22-13-34-35-28(22)36-38(27)16-20)17-7-8-25(33-12-17)37-14-18-10-30(2,11-19(18)15-37)41-29(39)26-23(31)5-4-6-24(26)32/h4-9,12-13,16,18-19H,3,10-11,14-15H2,1-2H3,(H,35,36)/t18-,19?,30-/m0/s1. The molecule has 1 N–H and O–H groups in total. The molecule has 2 aliphatic rings. The Bertz CT molecular complexity index is 1750. The lowest BCUT2D eigenvalue weighted by molar-refractivity contribution is -0.00970. The van der Waals surface area contributed by atoms with Gasteiger partial charge in [-0.05, 0) is 68.9 Å². The van der Waals surface area contributed by atoms with Crippen molar-refractivity contribution in [3.63, 3.8) is 0 Å². The quantitative estimate of drug-likeness (QED) is 0.251. The summed E-state index contributed by atoms with van der Waals surface area (Å²) in [6.07, 6.45) is 6.94. The summed E-state index contributed by atoms with van der Waals surface area (Å²) in [5, 5.41) is 12.7. The van der Waals surface area contributed by atoms with Crippen molar-refractivity contribution >= 4 is 39.9 Å². The number of hydrogen-bond acceptors (Lipinski definition) is 7. The molecule has 9 nitrogen and oxygen atoms in total. The van der Waals surface area contributed by atoms with Crippen LogP contribution in [0, 0.1) is 17.7 Å². The molecular weight excluding hydrogens is 547 g/mol. The zero-order chi connectivity index (χ0) is 28.3. The Kier molecular flexibility index (Phi) is 6.11. The first-order valence-corrected chi connectivity index (χ1v) is 14.1. The molecule has 1 unspecified atom stereocenters. The Hall–Kier alpha value is -4.18. The molecule has 7 rings (SSSR count). The number of benzene rings is 1. The van der Waals surface area contributed by atoms with Gasteiger partial charge in [-0.15, -0.1) is 5.10 Å². The van der Waals surface area contributed by atoms with Crippen molar-refractivity contribution < 1.29 is 18.7 Å². The fourth-order valence-electron chi connectivity index (χ4n) is 6.57. The summed E-state index contributed by atoms with van der Waals surface area (Å²) < 4.78 is 27.7. The highest BCUT2D eigenvalue weighted by atomic mass is 35.5. The van der Waals surface area contributed by atoms with Crippen molar-refractivity contribution in [2.45, 2.75) is 32.3 Å². The summed E-state index contributed by atoms with van der Waals surface area (Å²) in [5.74, 6) is 0.934. The van der Waals surface area contributed by atoms with Gasteiger partial charge in [0.15, 0.2) is 5.65 Å². The molecule has 1 aliphatic heterocycles. The highest BCUT2D eigenvalue weighted by Crippen LogP contribution is 2.47. The third-order valence-electron chi connectivity index (χ3n) is 8.27. The molecule has 3 atom stereocenters. The van der Waals surface area contributed by atoms with Crippen LogP contribution in [-0.2, 0) is 4.74 Å². The highest BCUT2D eigenvalue weighted by Gasteiger charge is 2.49. The lowest BCUT2D eigenvalue weighted by Gasteiger charge is -2.28. The van der Waals surface area contributed by atoms with Crippen molar-refractivity contribution in [1.82, 2.24) is 24.8 Å². The molecule has 1 aliphatic carbocycles. The number of esters is 1. The van der Waals surface area contributed by atoms with E-state index in [1.807, 2.05) is 42.9 Å². The maximum absolute atomic E-state index is 14.3. The number of anilines is 1. The first-order chi connectivity index (χ1) is 19.8. The van der Waals surface area contributed by atoms with Gasteiger partial charge in [-0.3, -0.25) is 5.10 Å². The number of aromatic amines is 1. The van der Waals surface area contributed by atoms with Gasteiger partial charge in [-0.1, -0.05) is 17.7 Å². The van der Waals surface area contributed by atoms with Gasteiger partial charge in [0.1, 0.15) is 28.5 Å².